The van der Waals surface area contributed by atoms with Crippen LogP contribution >= 0.6 is 0 Å². The molecule has 2 heterocycles. The molecule has 1 saturated heterocycles. The molecule has 3 rings (SSSR count). The molecular formula is C31H43F5N4O7. The number of piperidine rings is 1. The number of hydrogen-bond acceptors (Lipinski definition) is 7. The first-order valence-corrected chi connectivity index (χ1v) is 15.3. The summed E-state index contributed by atoms with van der Waals surface area (Å²) in [6.07, 6.45) is -8.14. The van der Waals surface area contributed by atoms with Gasteiger partial charge in [-0.25, -0.2) is 4.79 Å². The zero-order valence-corrected chi connectivity index (χ0v) is 27.5. The fraction of sp³-hybridized carbons (Fsp3) is 0.677. The first-order chi connectivity index (χ1) is 21.6. The number of nitrogens with zero attached hydrogens (tertiary/aromatic N) is 3. The highest BCUT2D eigenvalue weighted by Crippen LogP contribution is 2.44. The third kappa shape index (κ3) is 8.82. The second-order valence-corrected chi connectivity index (χ2v) is 13.4. The van der Waals surface area contributed by atoms with Crippen molar-refractivity contribution in [2.75, 3.05) is 31.1 Å². The molecule has 0 unspecified atom stereocenters. The van der Waals surface area contributed by atoms with E-state index in [0.717, 1.165) is 11.0 Å². The normalized spacial score (nSPS) is 19.8. The van der Waals surface area contributed by atoms with Crippen molar-refractivity contribution in [3.8, 4) is 5.75 Å². The molecule has 2 N–H and O–H groups in total. The van der Waals surface area contributed by atoms with Crippen molar-refractivity contribution in [2.45, 2.75) is 110 Å². The topological polar surface area (TPSA) is 129 Å². The van der Waals surface area contributed by atoms with E-state index in [9.17, 15) is 46.2 Å². The molecule has 2 aliphatic rings. The summed E-state index contributed by atoms with van der Waals surface area (Å²) >= 11 is 0. The first kappa shape index (κ1) is 37.8. The van der Waals surface area contributed by atoms with Crippen molar-refractivity contribution in [1.29, 1.82) is 0 Å². The number of anilines is 1. The van der Waals surface area contributed by atoms with Crippen LogP contribution in [0.5, 0.6) is 5.75 Å². The number of aliphatic hydroxyl groups is 1. The molecule has 0 bridgehead atoms. The van der Waals surface area contributed by atoms with Crippen LogP contribution in [0, 0.1) is 0 Å². The van der Waals surface area contributed by atoms with Crippen LogP contribution in [0.1, 0.15) is 83.7 Å². The summed E-state index contributed by atoms with van der Waals surface area (Å²) in [4.78, 5) is 55.7. The van der Waals surface area contributed by atoms with E-state index in [1.807, 2.05) is 5.32 Å². The van der Waals surface area contributed by atoms with Gasteiger partial charge in [0.1, 0.15) is 11.4 Å². The van der Waals surface area contributed by atoms with E-state index in [0.29, 0.717) is 18.9 Å². The maximum Gasteiger partial charge on any atom is 0.417 e. The Morgan fingerprint density at radius 1 is 1.15 bits per heavy atom. The van der Waals surface area contributed by atoms with Gasteiger partial charge in [0, 0.05) is 38.3 Å². The van der Waals surface area contributed by atoms with Crippen molar-refractivity contribution in [1.82, 2.24) is 15.1 Å². The summed E-state index contributed by atoms with van der Waals surface area (Å²) < 4.78 is 80.3. The lowest BCUT2D eigenvalue weighted by Gasteiger charge is -2.45. The molecule has 4 amide bonds. The van der Waals surface area contributed by atoms with Gasteiger partial charge in [-0.2, -0.15) is 22.0 Å². The minimum Gasteiger partial charge on any atom is -0.476 e. The van der Waals surface area contributed by atoms with Crippen molar-refractivity contribution in [3.05, 3.63) is 23.3 Å². The molecule has 0 spiro atoms. The fourth-order valence-electron chi connectivity index (χ4n) is 5.81. The lowest BCUT2D eigenvalue weighted by molar-refractivity contribution is -0.138. The molecule has 11 nitrogen and oxygen atoms in total. The maximum absolute atomic E-state index is 14.6. The number of carbonyl (C=O) groups is 4. The molecule has 2 aliphatic heterocycles. The number of benzene rings is 1. The molecule has 2 atom stereocenters. The Morgan fingerprint density at radius 2 is 1.79 bits per heavy atom. The van der Waals surface area contributed by atoms with E-state index >= 15 is 0 Å². The van der Waals surface area contributed by atoms with Gasteiger partial charge in [-0.3, -0.25) is 14.4 Å². The van der Waals surface area contributed by atoms with Gasteiger partial charge >= 0.3 is 18.7 Å². The summed E-state index contributed by atoms with van der Waals surface area (Å²) in [5.74, 6) is -3.70. The average molecular weight is 679 g/mol. The number of likely N-dealkylation sites (tertiary alicyclic amines) is 1. The SMILES string of the molecule is CC(C)N(C(=O)c1cc2c(cc1C(F)(F)F)OC(C)(C)C(=O)N2CCNC(=O)C(F)F)[C@@H]1CC[C@H](CCO)N(C(=O)OC(C)(C)C)C1. The van der Waals surface area contributed by atoms with Crippen LogP contribution in [0.4, 0.5) is 32.4 Å². The summed E-state index contributed by atoms with van der Waals surface area (Å²) in [7, 11) is 0. The summed E-state index contributed by atoms with van der Waals surface area (Å²) in [6.45, 7) is 9.77. The molecule has 1 aromatic rings. The molecule has 0 radical (unpaired) electrons. The number of amides is 4. The van der Waals surface area contributed by atoms with E-state index in [2.05, 4.69) is 0 Å². The molecule has 264 valence electrons. The van der Waals surface area contributed by atoms with E-state index in [1.54, 1.807) is 34.6 Å². The quantitative estimate of drug-likeness (QED) is 0.366. The van der Waals surface area contributed by atoms with E-state index in [1.165, 1.54) is 23.6 Å². The average Bonchev–Trinajstić information content (AvgIpc) is 2.93. The van der Waals surface area contributed by atoms with Gasteiger partial charge in [-0.15, -0.1) is 0 Å². The third-order valence-electron chi connectivity index (χ3n) is 7.84. The van der Waals surface area contributed by atoms with Gasteiger partial charge in [-0.1, -0.05) is 0 Å². The van der Waals surface area contributed by atoms with Gasteiger partial charge in [0.25, 0.3) is 17.7 Å². The number of nitrogens with one attached hydrogen (secondary N) is 1. The molecule has 0 saturated carbocycles. The number of rotatable bonds is 9. The Bertz CT molecular complexity index is 1350. The Labute approximate surface area is 270 Å². The predicted octanol–water partition coefficient (Wildman–Crippen LogP) is 4.59. The second-order valence-electron chi connectivity index (χ2n) is 13.4. The lowest BCUT2D eigenvalue weighted by atomic mass is 9.93. The molecule has 1 aromatic carbocycles. The fourth-order valence-corrected chi connectivity index (χ4v) is 5.81. The van der Waals surface area contributed by atoms with E-state index in [-0.39, 0.29) is 31.0 Å². The third-order valence-corrected chi connectivity index (χ3v) is 7.84. The number of aliphatic hydroxyl groups excluding tert-OH is 1. The van der Waals surface area contributed by atoms with Crippen molar-refractivity contribution in [3.63, 3.8) is 0 Å². The zero-order valence-electron chi connectivity index (χ0n) is 27.5. The molecule has 16 heteroatoms. The predicted molar refractivity (Wildman–Crippen MR) is 160 cm³/mol. The molecule has 0 aliphatic carbocycles. The maximum atomic E-state index is 14.6. The molecule has 47 heavy (non-hydrogen) atoms. The summed E-state index contributed by atoms with van der Waals surface area (Å²) in [5.41, 5.74) is -4.82. The Kier molecular flexibility index (Phi) is 11.4. The first-order valence-electron chi connectivity index (χ1n) is 15.3. The van der Waals surface area contributed by atoms with Gasteiger partial charge in [-0.05, 0) is 79.9 Å². The second kappa shape index (κ2) is 14.2. The van der Waals surface area contributed by atoms with Crippen LogP contribution in [0.25, 0.3) is 0 Å². The van der Waals surface area contributed by atoms with Crippen molar-refractivity contribution < 1.29 is 55.7 Å². The Balaban J connectivity index is 2.08. The standard InChI is InChI=1S/C31H43F5N4O7/c1-17(2)40(19-9-8-18(10-13-41)39(16-19)28(45)47-29(3,4)5)26(43)20-14-22-23(15-21(20)31(34,35)36)46-30(6,7)27(44)38(22)12-11-37-25(42)24(32)33/h14-15,17-19,24,41H,8-13,16H2,1-7H3,(H,37,42)/t18-,19-/m1/s1. The van der Waals surface area contributed by atoms with Gasteiger partial charge in [0.05, 0.1) is 22.9 Å². The highest BCUT2D eigenvalue weighted by Gasteiger charge is 2.46. The van der Waals surface area contributed by atoms with Crippen LogP contribution in [0.15, 0.2) is 12.1 Å². The molecule has 0 aromatic heterocycles. The highest BCUT2D eigenvalue weighted by atomic mass is 19.4. The molecular weight excluding hydrogens is 635 g/mol. The van der Waals surface area contributed by atoms with E-state index < -0.39 is 90.0 Å². The minimum absolute atomic E-state index is 0.0679. The Hall–Kier alpha value is -3.69. The number of alkyl halides is 5. The smallest absolute Gasteiger partial charge is 0.417 e. The van der Waals surface area contributed by atoms with Gasteiger partial charge < -0.3 is 34.6 Å². The summed E-state index contributed by atoms with van der Waals surface area (Å²) in [6, 6.07) is -0.279. The number of carbonyl (C=O) groups excluding carboxylic acids is 4. The van der Waals surface area contributed by atoms with Crippen LogP contribution < -0.4 is 15.0 Å². The molecule has 1 fully saturated rings. The van der Waals surface area contributed by atoms with Crippen LogP contribution in [-0.2, 0) is 20.5 Å². The lowest BCUT2D eigenvalue weighted by Crippen LogP contribution is -2.58. The largest absolute Gasteiger partial charge is 0.476 e. The number of ether oxygens (including phenoxy) is 2. The number of hydrogen-bond donors (Lipinski definition) is 2. The van der Waals surface area contributed by atoms with Gasteiger partial charge in [0.15, 0.2) is 5.60 Å². The minimum atomic E-state index is -5.03. The van der Waals surface area contributed by atoms with Crippen molar-refractivity contribution >= 4 is 29.5 Å². The zero-order chi connectivity index (χ0) is 35.6. The van der Waals surface area contributed by atoms with E-state index in [4.69, 9.17) is 9.47 Å². The van der Waals surface area contributed by atoms with Crippen LogP contribution in [-0.4, -0.2) is 101 Å². The Morgan fingerprint density at radius 3 is 2.32 bits per heavy atom. The highest BCUT2D eigenvalue weighted by molar-refractivity contribution is 6.05. The van der Waals surface area contributed by atoms with Gasteiger partial charge in [0.2, 0.25) is 0 Å². The summed E-state index contributed by atoms with van der Waals surface area (Å²) in [5, 5.41) is 11.6. The van der Waals surface area contributed by atoms with Crippen LogP contribution in [0.3, 0.4) is 0 Å². The monoisotopic (exact) mass is 678 g/mol. The number of halogens is 5. The van der Waals surface area contributed by atoms with Crippen molar-refractivity contribution in [2.24, 2.45) is 0 Å². The number of fused-ring (bicyclic) bond motifs is 1. The van der Waals surface area contributed by atoms with Crippen LogP contribution in [0.2, 0.25) is 0 Å².